The highest BCUT2D eigenvalue weighted by molar-refractivity contribution is 5.58. The molecular weight excluding hydrogens is 221 g/mol. The van der Waals surface area contributed by atoms with E-state index in [1.807, 2.05) is 6.92 Å². The summed E-state index contributed by atoms with van der Waals surface area (Å²) in [5, 5.41) is 18.3. The molecule has 0 unspecified atom stereocenters. The summed E-state index contributed by atoms with van der Waals surface area (Å²) >= 11 is 0. The van der Waals surface area contributed by atoms with Crippen molar-refractivity contribution in [3.8, 4) is 6.07 Å². The van der Waals surface area contributed by atoms with Crippen molar-refractivity contribution in [1.29, 1.82) is 5.26 Å². The number of aliphatic hydroxyl groups is 1. The predicted octanol–water partition coefficient (Wildman–Crippen LogP) is 1.17. The number of hydrogen-bond donors (Lipinski definition) is 1. The number of halogens is 1. The Kier molecular flexibility index (Phi) is 3.25. The molecule has 2 rings (SSSR count). The highest BCUT2D eigenvalue weighted by Gasteiger charge is 2.33. The third-order valence-electron chi connectivity index (χ3n) is 3.10. The summed E-state index contributed by atoms with van der Waals surface area (Å²) in [4.78, 5) is 5.84. The molecule has 90 valence electrons. The molecule has 1 aromatic heterocycles. The van der Waals surface area contributed by atoms with Gasteiger partial charge in [-0.25, -0.2) is 9.37 Å². The number of nitriles is 1. The Labute approximate surface area is 99.3 Å². The van der Waals surface area contributed by atoms with E-state index in [9.17, 15) is 9.50 Å². The van der Waals surface area contributed by atoms with Crippen LogP contribution in [0.1, 0.15) is 17.5 Å². The number of nitrogens with zero attached hydrogens (tertiary/aromatic N) is 3. The molecule has 17 heavy (non-hydrogen) atoms. The third kappa shape index (κ3) is 2.08. The summed E-state index contributed by atoms with van der Waals surface area (Å²) in [7, 11) is 0. The summed E-state index contributed by atoms with van der Waals surface area (Å²) in [6.45, 7) is 1.89. The molecule has 1 aliphatic heterocycles. The van der Waals surface area contributed by atoms with Crippen molar-refractivity contribution in [3.63, 3.8) is 0 Å². The van der Waals surface area contributed by atoms with Gasteiger partial charge in [-0.1, -0.05) is 0 Å². The van der Waals surface area contributed by atoms with E-state index in [2.05, 4.69) is 11.1 Å². The number of aliphatic hydroxyl groups excluding tert-OH is 1. The van der Waals surface area contributed by atoms with Gasteiger partial charge in [-0.15, -0.1) is 0 Å². The molecule has 0 aromatic carbocycles. The van der Waals surface area contributed by atoms with Crippen LogP contribution in [0.4, 0.5) is 10.2 Å². The van der Waals surface area contributed by atoms with Crippen LogP contribution in [0.2, 0.25) is 0 Å². The Balaban J connectivity index is 2.40. The Morgan fingerprint density at radius 1 is 1.71 bits per heavy atom. The first kappa shape index (κ1) is 11.8. The van der Waals surface area contributed by atoms with Crippen molar-refractivity contribution in [1.82, 2.24) is 4.98 Å². The van der Waals surface area contributed by atoms with Crippen LogP contribution in [0.25, 0.3) is 0 Å². The molecule has 1 N–H and O–H groups in total. The monoisotopic (exact) mass is 235 g/mol. The van der Waals surface area contributed by atoms with E-state index < -0.39 is 6.17 Å². The second-order valence-corrected chi connectivity index (χ2v) is 4.26. The van der Waals surface area contributed by atoms with Gasteiger partial charge in [0.15, 0.2) is 0 Å². The number of aryl methyl sites for hydroxylation is 1. The van der Waals surface area contributed by atoms with Gasteiger partial charge in [0, 0.05) is 12.6 Å². The van der Waals surface area contributed by atoms with E-state index in [1.165, 1.54) is 0 Å². The first-order valence-corrected chi connectivity index (χ1v) is 5.54. The molecule has 1 aliphatic rings. The van der Waals surface area contributed by atoms with Crippen molar-refractivity contribution in [2.75, 3.05) is 18.1 Å². The lowest BCUT2D eigenvalue weighted by Gasteiger charge is -2.24. The molecule has 5 heteroatoms. The van der Waals surface area contributed by atoms with Gasteiger partial charge in [-0.3, -0.25) is 0 Å². The predicted molar refractivity (Wildman–Crippen MR) is 61.4 cm³/mol. The molecule has 4 nitrogen and oxygen atoms in total. The molecule has 2 heterocycles. The van der Waals surface area contributed by atoms with Crippen molar-refractivity contribution < 1.29 is 9.50 Å². The number of rotatable bonds is 2. The Bertz CT molecular complexity index is 458. The SMILES string of the molecule is Cc1ccnc(N2C[C@@H](F)C[C@H]2CO)c1C#N. The van der Waals surface area contributed by atoms with Gasteiger partial charge in [0.25, 0.3) is 0 Å². The summed E-state index contributed by atoms with van der Waals surface area (Å²) < 4.78 is 13.4. The van der Waals surface area contributed by atoms with E-state index in [0.717, 1.165) is 5.56 Å². The van der Waals surface area contributed by atoms with E-state index in [0.29, 0.717) is 11.4 Å². The van der Waals surface area contributed by atoms with Gasteiger partial charge in [-0.05, 0) is 18.6 Å². The first-order valence-electron chi connectivity index (χ1n) is 5.54. The van der Waals surface area contributed by atoms with Gasteiger partial charge in [0.05, 0.1) is 24.8 Å². The van der Waals surface area contributed by atoms with Crippen LogP contribution in [-0.2, 0) is 0 Å². The van der Waals surface area contributed by atoms with Gasteiger partial charge < -0.3 is 10.0 Å². The van der Waals surface area contributed by atoms with E-state index in [4.69, 9.17) is 5.26 Å². The Hall–Kier alpha value is -1.67. The quantitative estimate of drug-likeness (QED) is 0.836. The van der Waals surface area contributed by atoms with Crippen molar-refractivity contribution >= 4 is 5.82 Å². The zero-order valence-corrected chi connectivity index (χ0v) is 9.60. The minimum Gasteiger partial charge on any atom is -0.394 e. The van der Waals surface area contributed by atoms with Crippen molar-refractivity contribution in [3.05, 3.63) is 23.4 Å². The highest BCUT2D eigenvalue weighted by atomic mass is 19.1. The molecule has 0 amide bonds. The normalized spacial score (nSPS) is 23.8. The number of hydrogen-bond acceptors (Lipinski definition) is 4. The fourth-order valence-electron chi connectivity index (χ4n) is 2.19. The van der Waals surface area contributed by atoms with Crippen LogP contribution in [0.3, 0.4) is 0 Å². The second kappa shape index (κ2) is 4.68. The van der Waals surface area contributed by atoms with Gasteiger partial charge >= 0.3 is 0 Å². The number of anilines is 1. The number of pyridine rings is 1. The summed E-state index contributed by atoms with van der Waals surface area (Å²) in [5.41, 5.74) is 1.27. The molecule has 0 saturated carbocycles. The molecule has 1 fully saturated rings. The second-order valence-electron chi connectivity index (χ2n) is 4.26. The fraction of sp³-hybridized carbons (Fsp3) is 0.500. The van der Waals surface area contributed by atoms with Crippen LogP contribution in [0, 0.1) is 18.3 Å². The van der Waals surface area contributed by atoms with Crippen LogP contribution in [-0.4, -0.2) is 35.5 Å². The molecule has 0 spiro atoms. The smallest absolute Gasteiger partial charge is 0.147 e. The summed E-state index contributed by atoms with van der Waals surface area (Å²) in [5.74, 6) is 0.478. The molecule has 0 bridgehead atoms. The zero-order chi connectivity index (χ0) is 12.4. The topological polar surface area (TPSA) is 60.1 Å². The molecule has 2 atom stereocenters. The van der Waals surface area contributed by atoms with Crippen LogP contribution in [0.5, 0.6) is 0 Å². The lowest BCUT2D eigenvalue weighted by molar-refractivity contribution is 0.255. The average molecular weight is 235 g/mol. The maximum Gasteiger partial charge on any atom is 0.147 e. The molecule has 0 radical (unpaired) electrons. The summed E-state index contributed by atoms with van der Waals surface area (Å²) in [6.07, 6.45) is 0.920. The highest BCUT2D eigenvalue weighted by Crippen LogP contribution is 2.29. The Morgan fingerprint density at radius 3 is 3.12 bits per heavy atom. The molecule has 1 saturated heterocycles. The molecule has 1 aromatic rings. The van der Waals surface area contributed by atoms with Gasteiger partial charge in [-0.2, -0.15) is 5.26 Å². The first-order chi connectivity index (χ1) is 8.17. The third-order valence-corrected chi connectivity index (χ3v) is 3.10. The van der Waals surface area contributed by atoms with E-state index in [-0.39, 0.29) is 25.6 Å². The van der Waals surface area contributed by atoms with Crippen molar-refractivity contribution in [2.45, 2.75) is 25.6 Å². The minimum atomic E-state index is -0.971. The molecule has 0 aliphatic carbocycles. The van der Waals surface area contributed by atoms with Gasteiger partial charge in [0.1, 0.15) is 18.1 Å². The molecular formula is C12H14FN3O. The largest absolute Gasteiger partial charge is 0.394 e. The fourth-order valence-corrected chi connectivity index (χ4v) is 2.19. The number of alkyl halides is 1. The van der Waals surface area contributed by atoms with Crippen molar-refractivity contribution in [2.24, 2.45) is 0 Å². The average Bonchev–Trinajstić information content (AvgIpc) is 2.70. The maximum atomic E-state index is 13.4. The minimum absolute atomic E-state index is 0.124. The zero-order valence-electron chi connectivity index (χ0n) is 9.60. The summed E-state index contributed by atoms with van der Waals surface area (Å²) in [6, 6.07) is 3.56. The maximum absolute atomic E-state index is 13.4. The van der Waals surface area contributed by atoms with E-state index in [1.54, 1.807) is 17.2 Å². The lowest BCUT2D eigenvalue weighted by Crippen LogP contribution is -2.33. The lowest BCUT2D eigenvalue weighted by atomic mass is 10.1. The van der Waals surface area contributed by atoms with Crippen LogP contribution in [0.15, 0.2) is 12.3 Å². The number of aromatic nitrogens is 1. The standard InChI is InChI=1S/C12H14FN3O/c1-8-2-3-15-12(11(8)5-14)16-6-9(13)4-10(16)7-17/h2-3,9-10,17H,4,6-7H2,1H3/t9-,10-/m0/s1. The van der Waals surface area contributed by atoms with Crippen LogP contribution >= 0.6 is 0 Å². The van der Waals surface area contributed by atoms with E-state index >= 15 is 0 Å². The Morgan fingerprint density at radius 2 is 2.47 bits per heavy atom. The van der Waals surface area contributed by atoms with Crippen LogP contribution < -0.4 is 4.90 Å². The van der Waals surface area contributed by atoms with Gasteiger partial charge in [0.2, 0.25) is 0 Å².